The standard InChI is InChI=1S/C10H11Br2NO/c1-6(7(2)14)3-8-9(11)4-13-5-10(8)12/h3-5,7,14H,1-2H3/b6-3+. The van der Waals surface area contributed by atoms with Crippen LogP contribution in [0.15, 0.2) is 26.9 Å². The van der Waals surface area contributed by atoms with Crippen molar-refractivity contribution in [3.05, 3.63) is 32.5 Å². The van der Waals surface area contributed by atoms with Gasteiger partial charge in [0.1, 0.15) is 0 Å². The van der Waals surface area contributed by atoms with Gasteiger partial charge in [0.15, 0.2) is 0 Å². The van der Waals surface area contributed by atoms with E-state index in [0.29, 0.717) is 0 Å². The molecule has 4 heteroatoms. The Morgan fingerprint density at radius 2 is 1.93 bits per heavy atom. The fourth-order valence-electron chi connectivity index (χ4n) is 0.907. The zero-order valence-corrected chi connectivity index (χ0v) is 11.1. The Hall–Kier alpha value is -0.190. The van der Waals surface area contributed by atoms with Crippen LogP contribution in [0, 0.1) is 0 Å². The van der Waals surface area contributed by atoms with Crippen molar-refractivity contribution >= 4 is 37.9 Å². The molecule has 1 unspecified atom stereocenters. The van der Waals surface area contributed by atoms with Crippen LogP contribution >= 0.6 is 31.9 Å². The lowest BCUT2D eigenvalue weighted by molar-refractivity contribution is 0.232. The number of aromatic nitrogens is 1. The number of hydrogen-bond donors (Lipinski definition) is 1. The molecule has 0 bridgehead atoms. The zero-order valence-electron chi connectivity index (χ0n) is 7.96. The van der Waals surface area contributed by atoms with Gasteiger partial charge >= 0.3 is 0 Å². The average molecular weight is 321 g/mol. The highest BCUT2D eigenvalue weighted by Gasteiger charge is 2.05. The van der Waals surface area contributed by atoms with Gasteiger partial charge in [-0.1, -0.05) is 6.08 Å². The third kappa shape index (κ3) is 2.90. The summed E-state index contributed by atoms with van der Waals surface area (Å²) in [4.78, 5) is 4.01. The lowest BCUT2D eigenvalue weighted by Gasteiger charge is -2.06. The summed E-state index contributed by atoms with van der Waals surface area (Å²) in [7, 11) is 0. The van der Waals surface area contributed by atoms with E-state index in [1.165, 1.54) is 0 Å². The highest BCUT2D eigenvalue weighted by molar-refractivity contribution is 9.11. The van der Waals surface area contributed by atoms with Gasteiger partial charge in [0.2, 0.25) is 0 Å². The first-order valence-electron chi connectivity index (χ1n) is 4.17. The Morgan fingerprint density at radius 3 is 2.36 bits per heavy atom. The molecule has 1 heterocycles. The Balaban J connectivity index is 3.14. The molecule has 0 saturated carbocycles. The number of hydrogen-bond acceptors (Lipinski definition) is 2. The summed E-state index contributed by atoms with van der Waals surface area (Å²) in [6.07, 6.45) is 4.96. The van der Waals surface area contributed by atoms with E-state index in [4.69, 9.17) is 0 Å². The van der Waals surface area contributed by atoms with Crippen LogP contribution < -0.4 is 0 Å². The average Bonchev–Trinajstić information content (AvgIpc) is 2.11. The van der Waals surface area contributed by atoms with E-state index in [2.05, 4.69) is 36.8 Å². The van der Waals surface area contributed by atoms with Crippen molar-refractivity contribution in [1.82, 2.24) is 4.98 Å². The SMILES string of the molecule is C/C(=C\c1c(Br)cncc1Br)C(C)O. The fraction of sp³-hybridized carbons (Fsp3) is 0.300. The highest BCUT2D eigenvalue weighted by atomic mass is 79.9. The van der Waals surface area contributed by atoms with Crippen molar-refractivity contribution in [3.63, 3.8) is 0 Å². The van der Waals surface area contributed by atoms with Gasteiger partial charge in [-0.15, -0.1) is 0 Å². The summed E-state index contributed by atoms with van der Waals surface area (Å²) in [5.74, 6) is 0. The minimum absolute atomic E-state index is 0.429. The second kappa shape index (κ2) is 5.05. The van der Waals surface area contributed by atoms with Crippen LogP contribution in [0.3, 0.4) is 0 Å². The molecule has 1 N–H and O–H groups in total. The normalized spacial score (nSPS) is 14.2. The van der Waals surface area contributed by atoms with Crippen molar-refractivity contribution < 1.29 is 5.11 Å². The number of rotatable bonds is 2. The van der Waals surface area contributed by atoms with Crippen molar-refractivity contribution in [1.29, 1.82) is 0 Å². The first-order valence-corrected chi connectivity index (χ1v) is 5.76. The molecule has 1 aromatic heterocycles. The molecule has 0 spiro atoms. The third-order valence-corrected chi connectivity index (χ3v) is 3.19. The smallest absolute Gasteiger partial charge is 0.0722 e. The topological polar surface area (TPSA) is 33.1 Å². The summed E-state index contributed by atoms with van der Waals surface area (Å²) < 4.78 is 1.82. The molecule has 0 aliphatic carbocycles. The molecule has 1 rings (SSSR count). The lowest BCUT2D eigenvalue weighted by Crippen LogP contribution is -2.00. The van der Waals surface area contributed by atoms with Crippen LogP contribution in [-0.2, 0) is 0 Å². The van der Waals surface area contributed by atoms with Crippen LogP contribution in [-0.4, -0.2) is 16.2 Å². The number of aliphatic hydroxyl groups excluding tert-OH is 1. The molecule has 0 saturated heterocycles. The Kier molecular flexibility index (Phi) is 4.29. The Morgan fingerprint density at radius 1 is 1.43 bits per heavy atom. The fourth-order valence-corrected chi connectivity index (χ4v) is 2.07. The van der Waals surface area contributed by atoms with E-state index < -0.39 is 6.10 Å². The molecule has 1 aromatic rings. The van der Waals surface area contributed by atoms with Gasteiger partial charge in [-0.05, 0) is 51.3 Å². The van der Waals surface area contributed by atoms with Gasteiger partial charge in [-0.25, -0.2) is 0 Å². The molecule has 0 radical (unpaired) electrons. The van der Waals surface area contributed by atoms with Crippen LogP contribution in [0.2, 0.25) is 0 Å². The van der Waals surface area contributed by atoms with E-state index in [-0.39, 0.29) is 0 Å². The maximum Gasteiger partial charge on any atom is 0.0722 e. The zero-order chi connectivity index (χ0) is 10.7. The van der Waals surface area contributed by atoms with Crippen LogP contribution in [0.5, 0.6) is 0 Å². The second-order valence-electron chi connectivity index (χ2n) is 3.08. The second-order valence-corrected chi connectivity index (χ2v) is 4.79. The summed E-state index contributed by atoms with van der Waals surface area (Å²) >= 11 is 6.81. The maximum atomic E-state index is 9.35. The summed E-state index contributed by atoms with van der Waals surface area (Å²) in [5.41, 5.74) is 1.91. The molecule has 76 valence electrons. The van der Waals surface area contributed by atoms with E-state index >= 15 is 0 Å². The van der Waals surface area contributed by atoms with Gasteiger partial charge in [0, 0.05) is 26.9 Å². The summed E-state index contributed by atoms with van der Waals surface area (Å²) in [5, 5.41) is 9.35. The van der Waals surface area contributed by atoms with E-state index in [1.54, 1.807) is 19.3 Å². The molecular formula is C10H11Br2NO. The van der Waals surface area contributed by atoms with Gasteiger partial charge in [-0.2, -0.15) is 0 Å². The summed E-state index contributed by atoms with van der Waals surface area (Å²) in [6, 6.07) is 0. The predicted molar refractivity (Wildman–Crippen MR) is 65.0 cm³/mol. The molecule has 0 aliphatic rings. The monoisotopic (exact) mass is 319 g/mol. The van der Waals surface area contributed by atoms with Crippen molar-refractivity contribution in [2.45, 2.75) is 20.0 Å². The number of aliphatic hydroxyl groups is 1. The van der Waals surface area contributed by atoms with Gasteiger partial charge < -0.3 is 5.11 Å². The quantitative estimate of drug-likeness (QED) is 0.906. The highest BCUT2D eigenvalue weighted by Crippen LogP contribution is 2.26. The van der Waals surface area contributed by atoms with Crippen molar-refractivity contribution in [2.24, 2.45) is 0 Å². The minimum atomic E-state index is -0.429. The van der Waals surface area contributed by atoms with Gasteiger partial charge in [-0.3, -0.25) is 4.98 Å². The van der Waals surface area contributed by atoms with Crippen LogP contribution in [0.4, 0.5) is 0 Å². The molecule has 0 aromatic carbocycles. The van der Waals surface area contributed by atoms with E-state index in [0.717, 1.165) is 20.1 Å². The lowest BCUT2D eigenvalue weighted by atomic mass is 10.1. The maximum absolute atomic E-state index is 9.35. The van der Waals surface area contributed by atoms with Gasteiger partial charge in [0.25, 0.3) is 0 Å². The number of pyridine rings is 1. The van der Waals surface area contributed by atoms with E-state index in [1.807, 2.05) is 13.0 Å². The Bertz CT molecular complexity index is 341. The first-order chi connectivity index (χ1) is 6.52. The molecule has 0 aliphatic heterocycles. The molecule has 0 amide bonds. The molecular weight excluding hydrogens is 310 g/mol. The molecule has 14 heavy (non-hydrogen) atoms. The summed E-state index contributed by atoms with van der Waals surface area (Å²) in [6.45, 7) is 3.64. The van der Waals surface area contributed by atoms with Crippen LogP contribution in [0.1, 0.15) is 19.4 Å². The largest absolute Gasteiger partial charge is 0.389 e. The van der Waals surface area contributed by atoms with Gasteiger partial charge in [0.05, 0.1) is 6.10 Å². The van der Waals surface area contributed by atoms with Crippen molar-refractivity contribution in [3.8, 4) is 0 Å². The van der Waals surface area contributed by atoms with E-state index in [9.17, 15) is 5.11 Å². The number of halogens is 2. The number of nitrogens with zero attached hydrogens (tertiary/aromatic N) is 1. The first kappa shape index (κ1) is 11.9. The molecule has 2 nitrogen and oxygen atoms in total. The third-order valence-electron chi connectivity index (χ3n) is 1.92. The predicted octanol–water partition coefficient (Wildman–Crippen LogP) is 3.39. The van der Waals surface area contributed by atoms with Crippen molar-refractivity contribution in [2.75, 3.05) is 0 Å². The van der Waals surface area contributed by atoms with Crippen LogP contribution in [0.25, 0.3) is 6.08 Å². The molecule has 1 atom stereocenters. The molecule has 0 fully saturated rings. The Labute approximate surface area is 100 Å². The minimum Gasteiger partial charge on any atom is -0.389 e.